The third-order valence-electron chi connectivity index (χ3n) is 4.38. The zero-order chi connectivity index (χ0) is 16.1. The lowest BCUT2D eigenvalue weighted by molar-refractivity contribution is -0.132. The van der Waals surface area contributed by atoms with Crippen molar-refractivity contribution in [2.75, 3.05) is 13.2 Å². The van der Waals surface area contributed by atoms with Crippen molar-refractivity contribution >= 4 is 5.91 Å². The van der Waals surface area contributed by atoms with E-state index in [-0.39, 0.29) is 11.9 Å². The van der Waals surface area contributed by atoms with Crippen LogP contribution in [0.1, 0.15) is 43.0 Å². The monoisotopic (exact) mass is 312 g/mol. The van der Waals surface area contributed by atoms with Crippen LogP contribution in [0.15, 0.2) is 42.6 Å². The Morgan fingerprint density at radius 1 is 1.30 bits per heavy atom. The molecule has 0 unspecified atom stereocenters. The van der Waals surface area contributed by atoms with Crippen molar-refractivity contribution in [1.29, 1.82) is 0 Å². The first-order chi connectivity index (χ1) is 11.2. The van der Waals surface area contributed by atoms with E-state index in [0.717, 1.165) is 37.3 Å². The second-order valence-electron chi connectivity index (χ2n) is 6.14. The molecule has 1 aliphatic rings. The van der Waals surface area contributed by atoms with Gasteiger partial charge in [0.2, 0.25) is 5.91 Å². The van der Waals surface area contributed by atoms with Crippen molar-refractivity contribution in [1.82, 2.24) is 9.88 Å². The molecule has 1 aromatic carbocycles. The maximum absolute atomic E-state index is 12.5. The molecule has 122 valence electrons. The highest BCUT2D eigenvalue weighted by Gasteiger charge is 2.29. The van der Waals surface area contributed by atoms with Crippen LogP contribution in [-0.4, -0.2) is 28.9 Å². The minimum Gasteiger partial charge on any atom is -0.494 e. The number of nitrogens with zero attached hydrogens (tertiary/aromatic N) is 1. The highest BCUT2D eigenvalue weighted by atomic mass is 16.5. The third-order valence-corrected chi connectivity index (χ3v) is 4.38. The normalized spacial score (nSPS) is 17.4. The van der Waals surface area contributed by atoms with Crippen LogP contribution >= 0.6 is 0 Å². The van der Waals surface area contributed by atoms with E-state index in [0.29, 0.717) is 13.0 Å². The number of benzene rings is 1. The molecule has 3 rings (SSSR count). The number of aryl methyl sites for hydroxylation is 1. The molecule has 23 heavy (non-hydrogen) atoms. The van der Waals surface area contributed by atoms with Crippen LogP contribution in [0, 0.1) is 6.92 Å². The van der Waals surface area contributed by atoms with Gasteiger partial charge in [0.1, 0.15) is 5.75 Å². The lowest BCUT2D eigenvalue weighted by Gasteiger charge is -2.24. The number of carbonyl (C=O) groups is 1. The molecule has 1 aliphatic heterocycles. The first-order valence-corrected chi connectivity index (χ1v) is 8.36. The number of hydrogen-bond acceptors (Lipinski definition) is 2. The molecular formula is C19H24N2O2. The van der Waals surface area contributed by atoms with Gasteiger partial charge in [0, 0.05) is 24.9 Å². The maximum Gasteiger partial charge on any atom is 0.223 e. The van der Waals surface area contributed by atoms with Crippen molar-refractivity contribution in [3.8, 4) is 5.75 Å². The fourth-order valence-electron chi connectivity index (χ4n) is 3.13. The van der Waals surface area contributed by atoms with Crippen molar-refractivity contribution in [3.63, 3.8) is 0 Å². The summed E-state index contributed by atoms with van der Waals surface area (Å²) in [6, 6.07) is 12.3. The smallest absolute Gasteiger partial charge is 0.223 e. The maximum atomic E-state index is 12.5. The molecule has 0 saturated carbocycles. The van der Waals surface area contributed by atoms with Gasteiger partial charge in [-0.05, 0) is 50.5 Å². The van der Waals surface area contributed by atoms with E-state index in [1.54, 1.807) is 0 Å². The number of carbonyl (C=O) groups excluding carboxylic acids is 1. The SMILES string of the molecule is Cc1ccc(OCCCC(=O)N2CCC[C@H]2c2ccc[nH]2)cc1. The van der Waals surface area contributed by atoms with Gasteiger partial charge < -0.3 is 14.6 Å². The number of nitrogens with one attached hydrogen (secondary N) is 1. The molecule has 4 nitrogen and oxygen atoms in total. The number of amides is 1. The van der Waals surface area contributed by atoms with Gasteiger partial charge in [-0.25, -0.2) is 0 Å². The molecule has 0 radical (unpaired) electrons. The van der Waals surface area contributed by atoms with Crippen LogP contribution in [0.4, 0.5) is 0 Å². The first kappa shape index (κ1) is 15.7. The average molecular weight is 312 g/mol. The van der Waals surface area contributed by atoms with Gasteiger partial charge in [-0.2, -0.15) is 0 Å². The standard InChI is InChI=1S/C19H24N2O2/c1-15-8-10-16(11-9-15)23-14-4-7-19(22)21-13-3-6-18(21)17-5-2-12-20-17/h2,5,8-12,18,20H,3-4,6-7,13-14H2,1H3/t18-/m0/s1. The van der Waals surface area contributed by atoms with E-state index >= 15 is 0 Å². The number of likely N-dealkylation sites (tertiary alicyclic amines) is 1. The molecule has 2 aromatic rings. The quantitative estimate of drug-likeness (QED) is 0.824. The molecule has 1 aromatic heterocycles. The van der Waals surface area contributed by atoms with Gasteiger partial charge in [-0.15, -0.1) is 0 Å². The molecule has 1 N–H and O–H groups in total. The number of aromatic amines is 1. The zero-order valence-electron chi connectivity index (χ0n) is 13.6. The average Bonchev–Trinajstić information content (AvgIpc) is 3.23. The Balaban J connectivity index is 1.45. The predicted molar refractivity (Wildman–Crippen MR) is 90.4 cm³/mol. The minimum atomic E-state index is 0.218. The number of hydrogen-bond donors (Lipinski definition) is 1. The van der Waals surface area contributed by atoms with Gasteiger partial charge in [-0.3, -0.25) is 4.79 Å². The molecule has 0 aliphatic carbocycles. The zero-order valence-corrected chi connectivity index (χ0v) is 13.6. The van der Waals surface area contributed by atoms with E-state index in [1.165, 1.54) is 5.56 Å². The molecule has 1 saturated heterocycles. The molecule has 0 spiro atoms. The lowest BCUT2D eigenvalue weighted by atomic mass is 10.1. The topological polar surface area (TPSA) is 45.3 Å². The number of ether oxygens (including phenoxy) is 1. The molecule has 4 heteroatoms. The third kappa shape index (κ3) is 3.95. The van der Waals surface area contributed by atoms with Gasteiger partial charge in [0.15, 0.2) is 0 Å². The van der Waals surface area contributed by atoms with Gasteiger partial charge in [-0.1, -0.05) is 17.7 Å². The molecule has 0 bridgehead atoms. The predicted octanol–water partition coefficient (Wildman–Crippen LogP) is 3.85. The highest BCUT2D eigenvalue weighted by Crippen LogP contribution is 2.31. The molecule has 1 atom stereocenters. The van der Waals surface area contributed by atoms with Crippen LogP contribution < -0.4 is 4.74 Å². The molecule has 1 fully saturated rings. The Kier molecular flexibility index (Phi) is 5.01. The van der Waals surface area contributed by atoms with Crippen LogP contribution in [-0.2, 0) is 4.79 Å². The number of H-pyrrole nitrogens is 1. The number of aromatic nitrogens is 1. The highest BCUT2D eigenvalue weighted by molar-refractivity contribution is 5.77. The first-order valence-electron chi connectivity index (χ1n) is 8.36. The van der Waals surface area contributed by atoms with Crippen molar-refractivity contribution in [3.05, 3.63) is 53.9 Å². The van der Waals surface area contributed by atoms with Crippen LogP contribution in [0.3, 0.4) is 0 Å². The summed E-state index contributed by atoms with van der Waals surface area (Å²) in [5.41, 5.74) is 2.36. The summed E-state index contributed by atoms with van der Waals surface area (Å²) in [7, 11) is 0. The van der Waals surface area contributed by atoms with Gasteiger partial charge in [0.25, 0.3) is 0 Å². The molecule has 2 heterocycles. The summed E-state index contributed by atoms with van der Waals surface area (Å²) in [4.78, 5) is 17.7. The van der Waals surface area contributed by atoms with Crippen molar-refractivity contribution in [2.24, 2.45) is 0 Å². The summed E-state index contributed by atoms with van der Waals surface area (Å²) in [6.45, 7) is 3.50. The van der Waals surface area contributed by atoms with E-state index in [2.05, 4.69) is 18.0 Å². The Morgan fingerprint density at radius 3 is 2.87 bits per heavy atom. The molecular weight excluding hydrogens is 288 g/mol. The fraction of sp³-hybridized carbons (Fsp3) is 0.421. The van der Waals surface area contributed by atoms with Gasteiger partial charge >= 0.3 is 0 Å². The Hall–Kier alpha value is -2.23. The summed E-state index contributed by atoms with van der Waals surface area (Å²) in [5, 5.41) is 0. The van der Waals surface area contributed by atoms with Crippen molar-refractivity contribution in [2.45, 2.75) is 38.6 Å². The summed E-state index contributed by atoms with van der Waals surface area (Å²) in [5.74, 6) is 1.10. The Bertz CT molecular complexity index is 619. The Morgan fingerprint density at radius 2 is 2.13 bits per heavy atom. The minimum absolute atomic E-state index is 0.218. The molecule has 1 amide bonds. The number of rotatable bonds is 6. The van der Waals surface area contributed by atoms with Crippen LogP contribution in [0.5, 0.6) is 5.75 Å². The second-order valence-corrected chi connectivity index (χ2v) is 6.14. The second kappa shape index (κ2) is 7.36. The summed E-state index contributed by atoms with van der Waals surface area (Å²) in [6.07, 6.45) is 5.34. The van der Waals surface area contributed by atoms with Crippen molar-refractivity contribution < 1.29 is 9.53 Å². The Labute approximate surface area is 137 Å². The van der Waals surface area contributed by atoms with Gasteiger partial charge in [0.05, 0.1) is 12.6 Å². The lowest BCUT2D eigenvalue weighted by Crippen LogP contribution is -2.30. The summed E-state index contributed by atoms with van der Waals surface area (Å²) < 4.78 is 5.70. The van der Waals surface area contributed by atoms with E-state index in [9.17, 15) is 4.79 Å². The van der Waals surface area contributed by atoms with Crippen LogP contribution in [0.2, 0.25) is 0 Å². The van der Waals surface area contributed by atoms with Crippen LogP contribution in [0.25, 0.3) is 0 Å². The largest absolute Gasteiger partial charge is 0.494 e. The fourth-order valence-corrected chi connectivity index (χ4v) is 3.13. The summed E-state index contributed by atoms with van der Waals surface area (Å²) >= 11 is 0. The van der Waals surface area contributed by atoms with E-state index in [4.69, 9.17) is 4.74 Å². The van der Waals surface area contributed by atoms with E-state index in [1.807, 2.05) is 41.4 Å². The van der Waals surface area contributed by atoms with E-state index < -0.39 is 0 Å².